The SMILES string of the molecule is CC(C)(C)OC(=O)C1=[C](c2nn(C(=O)OC(C)(C)C)c3ccc(OCc4ccccc4)cc23)[In][CH]=C1. The monoisotopic (exact) mass is 589 g/mol. The van der Waals surface area contributed by atoms with Crippen molar-refractivity contribution >= 4 is 49.2 Å². The van der Waals surface area contributed by atoms with Crippen LogP contribution in [0.1, 0.15) is 52.8 Å². The van der Waals surface area contributed by atoms with Gasteiger partial charge < -0.3 is 0 Å². The zero-order chi connectivity index (χ0) is 26.1. The van der Waals surface area contributed by atoms with Crippen LogP contribution in [0, 0.1) is 0 Å². The van der Waals surface area contributed by atoms with Gasteiger partial charge in [-0.2, -0.15) is 0 Å². The van der Waals surface area contributed by atoms with Crippen LogP contribution in [0.2, 0.25) is 0 Å². The number of fused-ring (bicyclic) bond motifs is 1. The molecule has 0 bridgehead atoms. The van der Waals surface area contributed by atoms with Crippen LogP contribution >= 0.6 is 0 Å². The fourth-order valence-electron chi connectivity index (χ4n) is 3.71. The van der Waals surface area contributed by atoms with Crippen LogP contribution in [0.3, 0.4) is 0 Å². The molecule has 8 heteroatoms. The van der Waals surface area contributed by atoms with Crippen LogP contribution in [0.15, 0.2) is 64.0 Å². The first-order valence-electron chi connectivity index (χ1n) is 11.8. The van der Waals surface area contributed by atoms with Gasteiger partial charge in [0.2, 0.25) is 0 Å². The molecule has 1 aliphatic heterocycles. The minimum absolute atomic E-state index is 0.381. The number of hydrogen-bond donors (Lipinski definition) is 0. The van der Waals surface area contributed by atoms with Crippen molar-refractivity contribution in [3.8, 4) is 5.75 Å². The third-order valence-electron chi connectivity index (χ3n) is 5.16. The molecule has 1 radical (unpaired) electrons. The van der Waals surface area contributed by atoms with Gasteiger partial charge in [-0.25, -0.2) is 0 Å². The van der Waals surface area contributed by atoms with Gasteiger partial charge in [0, 0.05) is 0 Å². The molecule has 0 aliphatic carbocycles. The van der Waals surface area contributed by atoms with Crippen molar-refractivity contribution in [1.82, 2.24) is 9.78 Å². The van der Waals surface area contributed by atoms with Crippen molar-refractivity contribution in [2.75, 3.05) is 0 Å². The quantitative estimate of drug-likeness (QED) is 0.357. The van der Waals surface area contributed by atoms with E-state index in [1.807, 2.05) is 90.1 Å². The van der Waals surface area contributed by atoms with E-state index in [4.69, 9.17) is 14.2 Å². The van der Waals surface area contributed by atoms with E-state index in [0.717, 1.165) is 14.3 Å². The Bertz CT molecular complexity index is 1360. The summed E-state index contributed by atoms with van der Waals surface area (Å²) < 4.78 is 21.5. The standard InChI is InChI=1S/C28H30N2O5.In/c1-8-20(25(31)34-27(2,3)4)16-23-22-17-21(33-18-19-12-10-9-11-13-19)14-15-24(22)30(29-23)26(32)35-28(5,6)7;/h1,8-15,17H,18H2,2-7H3;. The summed E-state index contributed by atoms with van der Waals surface area (Å²) in [6.07, 6.45) is 1.26. The molecular weight excluding hydrogens is 559 g/mol. The summed E-state index contributed by atoms with van der Waals surface area (Å²) in [5, 5.41) is 5.41. The van der Waals surface area contributed by atoms with Gasteiger partial charge in [-0.1, -0.05) is 0 Å². The van der Waals surface area contributed by atoms with Crippen molar-refractivity contribution in [3.63, 3.8) is 0 Å². The van der Waals surface area contributed by atoms with Gasteiger partial charge in [0.25, 0.3) is 0 Å². The van der Waals surface area contributed by atoms with Gasteiger partial charge in [0.15, 0.2) is 0 Å². The summed E-state index contributed by atoms with van der Waals surface area (Å²) in [6, 6.07) is 15.4. The Morgan fingerprint density at radius 3 is 2.31 bits per heavy atom. The van der Waals surface area contributed by atoms with Gasteiger partial charge in [0.05, 0.1) is 0 Å². The second kappa shape index (κ2) is 10.2. The molecule has 0 unspecified atom stereocenters. The van der Waals surface area contributed by atoms with Crippen molar-refractivity contribution in [2.45, 2.75) is 59.4 Å². The van der Waals surface area contributed by atoms with Crippen LogP contribution < -0.4 is 4.74 Å². The fourth-order valence-corrected chi connectivity index (χ4v) is 7.26. The van der Waals surface area contributed by atoms with E-state index >= 15 is 0 Å². The molecule has 0 saturated carbocycles. The van der Waals surface area contributed by atoms with Gasteiger partial charge in [-0.05, 0) is 0 Å². The number of benzene rings is 2. The molecule has 0 spiro atoms. The molecule has 0 amide bonds. The minimum atomic E-state index is -1.48. The summed E-state index contributed by atoms with van der Waals surface area (Å²) in [5.41, 5.74) is 1.46. The van der Waals surface area contributed by atoms with Crippen LogP contribution in [0.4, 0.5) is 4.79 Å². The molecule has 0 fully saturated rings. The summed E-state index contributed by atoms with van der Waals surface area (Å²) in [6.45, 7) is 11.4. The molecule has 0 N–H and O–H groups in total. The number of aromatic nitrogens is 2. The average Bonchev–Trinajstić information content (AvgIpc) is 3.40. The molecule has 1 aliphatic rings. The average molecular weight is 589 g/mol. The molecule has 0 saturated heterocycles. The summed E-state index contributed by atoms with van der Waals surface area (Å²) in [4.78, 5) is 26.0. The second-order valence-electron chi connectivity index (χ2n) is 10.5. The van der Waals surface area contributed by atoms with Crippen molar-refractivity contribution in [2.24, 2.45) is 0 Å². The Kier molecular flexibility index (Phi) is 7.36. The van der Waals surface area contributed by atoms with Crippen LogP contribution in [-0.2, 0) is 20.9 Å². The number of rotatable bonds is 5. The summed E-state index contributed by atoms with van der Waals surface area (Å²) >= 11 is -1.48. The molecule has 2 heterocycles. The third-order valence-corrected chi connectivity index (χ3v) is 8.87. The number of hydrogen-bond acceptors (Lipinski definition) is 6. The van der Waals surface area contributed by atoms with E-state index in [1.165, 1.54) is 4.68 Å². The Balaban J connectivity index is 1.78. The molecule has 3 aromatic rings. The van der Waals surface area contributed by atoms with Crippen molar-refractivity contribution < 1.29 is 23.8 Å². The predicted octanol–water partition coefficient (Wildman–Crippen LogP) is 5.68. The molecule has 1 aromatic heterocycles. The maximum absolute atomic E-state index is 13.0. The van der Waals surface area contributed by atoms with Crippen LogP contribution in [-0.4, -0.2) is 56.0 Å². The Labute approximate surface area is 222 Å². The number of esters is 1. The molecule has 2 aromatic carbocycles. The Morgan fingerprint density at radius 1 is 0.944 bits per heavy atom. The number of nitrogens with zero attached hydrogens (tertiary/aromatic N) is 2. The van der Waals surface area contributed by atoms with E-state index in [2.05, 4.69) is 8.93 Å². The zero-order valence-electron chi connectivity index (χ0n) is 21.5. The second-order valence-corrected chi connectivity index (χ2v) is 14.2. The van der Waals surface area contributed by atoms with Crippen molar-refractivity contribution in [3.05, 3.63) is 75.3 Å². The first-order chi connectivity index (χ1) is 16.9. The molecule has 185 valence electrons. The van der Waals surface area contributed by atoms with E-state index < -0.39 is 40.2 Å². The number of carbonyl (C=O) groups is 2. The molecule has 4 rings (SSSR count). The van der Waals surface area contributed by atoms with E-state index in [9.17, 15) is 9.59 Å². The van der Waals surface area contributed by atoms with Crippen LogP contribution in [0.5, 0.6) is 5.75 Å². The Hall–Kier alpha value is -3.00. The van der Waals surface area contributed by atoms with Crippen molar-refractivity contribution in [1.29, 1.82) is 0 Å². The molecule has 7 nitrogen and oxygen atoms in total. The van der Waals surface area contributed by atoms with Gasteiger partial charge in [-0.15, -0.1) is 0 Å². The van der Waals surface area contributed by atoms with Gasteiger partial charge >= 0.3 is 223 Å². The molecular formula is C28H30InN2O5. The van der Waals surface area contributed by atoms with E-state index in [1.54, 1.807) is 6.07 Å². The normalized spacial score (nSPS) is 13.6. The topological polar surface area (TPSA) is 79.7 Å². The first-order valence-corrected chi connectivity index (χ1v) is 15.4. The number of ether oxygens (including phenoxy) is 3. The number of carbonyl (C=O) groups excluding carboxylic acids is 2. The van der Waals surface area contributed by atoms with Gasteiger partial charge in [0.1, 0.15) is 0 Å². The van der Waals surface area contributed by atoms with Crippen LogP contribution in [0.25, 0.3) is 14.2 Å². The predicted molar refractivity (Wildman–Crippen MR) is 140 cm³/mol. The van der Waals surface area contributed by atoms with E-state index in [-0.39, 0.29) is 5.97 Å². The summed E-state index contributed by atoms with van der Waals surface area (Å²) in [5.74, 6) is 0.267. The molecule has 0 atom stereocenters. The zero-order valence-corrected chi connectivity index (χ0v) is 24.8. The Morgan fingerprint density at radius 2 is 1.64 bits per heavy atom. The maximum atomic E-state index is 13.0. The van der Waals surface area contributed by atoms with E-state index in [0.29, 0.717) is 29.1 Å². The summed E-state index contributed by atoms with van der Waals surface area (Å²) in [7, 11) is 0. The fraction of sp³-hybridized carbons (Fsp3) is 0.321. The first kappa shape index (κ1) is 26.1. The molecule has 36 heavy (non-hydrogen) atoms. The van der Waals surface area contributed by atoms with Gasteiger partial charge in [-0.3, -0.25) is 0 Å². The third kappa shape index (κ3) is 6.22.